The molecule has 1 heterocycles. The maximum atomic E-state index is 9.42. The van der Waals surface area contributed by atoms with Gasteiger partial charge in [0.2, 0.25) is 0 Å². The SMILES string of the molecule is CC1/C=C\C=N/C(C)(O)/C=N\1. The largest absolute Gasteiger partial charge is 0.365 e. The van der Waals surface area contributed by atoms with Crippen molar-refractivity contribution >= 4 is 12.4 Å². The first-order valence-electron chi connectivity index (χ1n) is 3.59. The molecule has 0 fully saturated rings. The first-order chi connectivity index (χ1) is 5.10. The second kappa shape index (κ2) is 2.96. The van der Waals surface area contributed by atoms with Crippen LogP contribution in [-0.2, 0) is 0 Å². The summed E-state index contributed by atoms with van der Waals surface area (Å²) in [5.74, 6) is 0. The molecule has 3 nitrogen and oxygen atoms in total. The molecular formula is C8H12N2O. The van der Waals surface area contributed by atoms with E-state index in [-0.39, 0.29) is 6.04 Å². The fourth-order valence-electron chi connectivity index (χ4n) is 0.746. The van der Waals surface area contributed by atoms with Crippen LogP contribution in [0.5, 0.6) is 0 Å². The number of rotatable bonds is 0. The van der Waals surface area contributed by atoms with E-state index in [9.17, 15) is 5.11 Å². The van der Waals surface area contributed by atoms with Crippen molar-refractivity contribution in [2.45, 2.75) is 25.6 Å². The van der Waals surface area contributed by atoms with Crippen LogP contribution in [0.4, 0.5) is 0 Å². The Bertz CT molecular complexity index is 216. The molecule has 0 aromatic heterocycles. The quantitative estimate of drug-likeness (QED) is 0.548. The molecule has 3 heteroatoms. The summed E-state index contributed by atoms with van der Waals surface area (Å²) in [6.45, 7) is 3.54. The summed E-state index contributed by atoms with van der Waals surface area (Å²) >= 11 is 0. The predicted molar refractivity (Wildman–Crippen MR) is 46.2 cm³/mol. The number of allylic oxidation sites excluding steroid dienone is 1. The molecule has 1 aliphatic rings. The molecule has 0 aromatic carbocycles. The van der Waals surface area contributed by atoms with E-state index in [4.69, 9.17) is 0 Å². The molecule has 0 amide bonds. The Kier molecular flexibility index (Phi) is 2.19. The van der Waals surface area contributed by atoms with Crippen LogP contribution in [0.15, 0.2) is 22.1 Å². The monoisotopic (exact) mass is 152 g/mol. The Morgan fingerprint density at radius 3 is 3.00 bits per heavy atom. The van der Waals surface area contributed by atoms with Crippen molar-refractivity contribution in [1.29, 1.82) is 0 Å². The predicted octanol–water partition coefficient (Wildman–Crippen LogP) is 0.795. The van der Waals surface area contributed by atoms with Gasteiger partial charge in [-0.3, -0.25) is 9.98 Å². The molecule has 11 heavy (non-hydrogen) atoms. The van der Waals surface area contributed by atoms with Crippen LogP contribution in [0, 0.1) is 0 Å². The molecule has 0 spiro atoms. The van der Waals surface area contributed by atoms with Gasteiger partial charge < -0.3 is 5.11 Å². The molecule has 0 aromatic rings. The highest BCUT2D eigenvalue weighted by atomic mass is 16.3. The topological polar surface area (TPSA) is 45.0 Å². The van der Waals surface area contributed by atoms with Gasteiger partial charge in [0.05, 0.1) is 12.3 Å². The van der Waals surface area contributed by atoms with Gasteiger partial charge in [-0.15, -0.1) is 0 Å². The Morgan fingerprint density at radius 1 is 1.55 bits per heavy atom. The summed E-state index contributed by atoms with van der Waals surface area (Å²) in [6, 6.07) is 0.119. The second-order valence-electron chi connectivity index (χ2n) is 2.78. The highest BCUT2D eigenvalue weighted by molar-refractivity contribution is 5.77. The lowest BCUT2D eigenvalue weighted by Crippen LogP contribution is -2.24. The molecule has 0 bridgehead atoms. The van der Waals surface area contributed by atoms with Crippen molar-refractivity contribution in [2.24, 2.45) is 9.98 Å². The van der Waals surface area contributed by atoms with Crippen molar-refractivity contribution in [3.8, 4) is 0 Å². The van der Waals surface area contributed by atoms with Crippen LogP contribution < -0.4 is 0 Å². The minimum absolute atomic E-state index is 0.119. The number of hydrogen-bond acceptors (Lipinski definition) is 3. The lowest BCUT2D eigenvalue weighted by atomic mass is 10.2. The van der Waals surface area contributed by atoms with Crippen LogP contribution in [-0.4, -0.2) is 29.3 Å². The Morgan fingerprint density at radius 2 is 2.27 bits per heavy atom. The molecule has 2 atom stereocenters. The first-order valence-corrected chi connectivity index (χ1v) is 3.59. The van der Waals surface area contributed by atoms with E-state index >= 15 is 0 Å². The summed E-state index contributed by atoms with van der Waals surface area (Å²) in [6.07, 6.45) is 6.74. The molecule has 0 saturated carbocycles. The van der Waals surface area contributed by atoms with Gasteiger partial charge in [-0.25, -0.2) is 0 Å². The summed E-state index contributed by atoms with van der Waals surface area (Å²) in [4.78, 5) is 7.91. The maximum absolute atomic E-state index is 9.42. The molecule has 0 radical (unpaired) electrons. The Hall–Kier alpha value is -0.960. The summed E-state index contributed by atoms with van der Waals surface area (Å²) in [7, 11) is 0. The number of aliphatic imine (C=N–C) groups is 2. The summed E-state index contributed by atoms with van der Waals surface area (Å²) in [5.41, 5.74) is -1.14. The van der Waals surface area contributed by atoms with E-state index in [0.717, 1.165) is 0 Å². The second-order valence-corrected chi connectivity index (χ2v) is 2.78. The molecule has 1 N–H and O–H groups in total. The van der Waals surface area contributed by atoms with Crippen molar-refractivity contribution in [1.82, 2.24) is 0 Å². The Balaban J connectivity index is 2.85. The molecule has 0 saturated heterocycles. The van der Waals surface area contributed by atoms with E-state index < -0.39 is 5.72 Å². The number of nitrogens with zero attached hydrogens (tertiary/aromatic N) is 2. The fraction of sp³-hybridized carbons (Fsp3) is 0.500. The number of aliphatic hydroxyl groups is 1. The average Bonchev–Trinajstić information content (AvgIpc) is 1.92. The van der Waals surface area contributed by atoms with Gasteiger partial charge in [0.1, 0.15) is 0 Å². The van der Waals surface area contributed by atoms with E-state index in [1.165, 1.54) is 6.21 Å². The van der Waals surface area contributed by atoms with Crippen molar-refractivity contribution in [2.75, 3.05) is 0 Å². The van der Waals surface area contributed by atoms with Gasteiger partial charge in [0.15, 0.2) is 5.72 Å². The normalized spacial score (nSPS) is 45.5. The van der Waals surface area contributed by atoms with Gasteiger partial charge in [-0.2, -0.15) is 0 Å². The van der Waals surface area contributed by atoms with Crippen molar-refractivity contribution in [3.63, 3.8) is 0 Å². The third kappa shape index (κ3) is 2.63. The van der Waals surface area contributed by atoms with E-state index in [1.54, 1.807) is 19.2 Å². The van der Waals surface area contributed by atoms with Crippen LogP contribution in [0.3, 0.4) is 0 Å². The van der Waals surface area contributed by atoms with Crippen LogP contribution >= 0.6 is 0 Å². The van der Waals surface area contributed by atoms with Gasteiger partial charge in [-0.05, 0) is 19.9 Å². The van der Waals surface area contributed by atoms with Crippen molar-refractivity contribution in [3.05, 3.63) is 12.2 Å². The highest BCUT2D eigenvalue weighted by Crippen LogP contribution is 2.04. The van der Waals surface area contributed by atoms with Crippen LogP contribution in [0.2, 0.25) is 0 Å². The third-order valence-corrected chi connectivity index (χ3v) is 1.37. The molecule has 60 valence electrons. The molecule has 2 unspecified atom stereocenters. The molecular weight excluding hydrogens is 140 g/mol. The fourth-order valence-corrected chi connectivity index (χ4v) is 0.746. The maximum Gasteiger partial charge on any atom is 0.189 e. The minimum atomic E-state index is -1.14. The zero-order valence-electron chi connectivity index (χ0n) is 6.73. The Labute approximate surface area is 66.2 Å². The van der Waals surface area contributed by atoms with Gasteiger partial charge in [-0.1, -0.05) is 6.08 Å². The summed E-state index contributed by atoms with van der Waals surface area (Å²) < 4.78 is 0. The first kappa shape index (κ1) is 8.14. The lowest BCUT2D eigenvalue weighted by Gasteiger charge is -2.13. The summed E-state index contributed by atoms with van der Waals surface area (Å²) in [5, 5.41) is 9.42. The van der Waals surface area contributed by atoms with Crippen LogP contribution in [0.25, 0.3) is 0 Å². The average molecular weight is 152 g/mol. The lowest BCUT2D eigenvalue weighted by molar-refractivity contribution is 0.149. The smallest absolute Gasteiger partial charge is 0.189 e. The van der Waals surface area contributed by atoms with Gasteiger partial charge >= 0.3 is 0 Å². The molecule has 1 rings (SSSR count). The van der Waals surface area contributed by atoms with E-state index in [1.807, 2.05) is 13.0 Å². The highest BCUT2D eigenvalue weighted by Gasteiger charge is 2.14. The van der Waals surface area contributed by atoms with E-state index in [2.05, 4.69) is 9.98 Å². The minimum Gasteiger partial charge on any atom is -0.365 e. The van der Waals surface area contributed by atoms with E-state index in [0.29, 0.717) is 0 Å². The van der Waals surface area contributed by atoms with Crippen molar-refractivity contribution < 1.29 is 5.11 Å². The van der Waals surface area contributed by atoms with Gasteiger partial charge in [0, 0.05) is 6.21 Å². The zero-order chi connectivity index (χ0) is 8.32. The molecule has 0 aliphatic carbocycles. The zero-order valence-corrected chi connectivity index (χ0v) is 6.73. The van der Waals surface area contributed by atoms with Gasteiger partial charge in [0.25, 0.3) is 0 Å². The van der Waals surface area contributed by atoms with Crippen LogP contribution in [0.1, 0.15) is 13.8 Å². The third-order valence-electron chi connectivity index (χ3n) is 1.37. The number of hydrogen-bond donors (Lipinski definition) is 1. The standard InChI is InChI=1S/C8H12N2O/c1-7-4-3-5-10-8(2,11)6-9-7/h3-7,11H,1-2H3/b4-3-,9-6-,10-5-. The molecule has 1 aliphatic heterocycles.